The standard InChI is InChI=1S/C12H9ClN4O/c1-18-9-5-10(12(13)14-6-9)8-2-3-17-11(4-8)15-7-16-17/h2-7H,1H3. The van der Waals surface area contributed by atoms with E-state index in [2.05, 4.69) is 15.1 Å². The van der Waals surface area contributed by atoms with Crippen molar-refractivity contribution in [1.82, 2.24) is 19.6 Å². The molecular formula is C12H9ClN4O. The Labute approximate surface area is 108 Å². The highest BCUT2D eigenvalue weighted by molar-refractivity contribution is 6.32. The number of pyridine rings is 2. The van der Waals surface area contributed by atoms with Gasteiger partial charge in [-0.3, -0.25) is 0 Å². The summed E-state index contributed by atoms with van der Waals surface area (Å²) in [5, 5.41) is 4.47. The Bertz CT molecular complexity index is 710. The first-order chi connectivity index (χ1) is 8.78. The molecule has 0 unspecified atom stereocenters. The van der Waals surface area contributed by atoms with Crippen molar-refractivity contribution in [1.29, 1.82) is 0 Å². The van der Waals surface area contributed by atoms with Crippen molar-refractivity contribution in [3.05, 3.63) is 42.1 Å². The van der Waals surface area contributed by atoms with E-state index in [9.17, 15) is 0 Å². The number of rotatable bonds is 2. The van der Waals surface area contributed by atoms with E-state index in [1.165, 1.54) is 6.33 Å². The topological polar surface area (TPSA) is 52.3 Å². The Balaban J connectivity index is 2.18. The third kappa shape index (κ3) is 1.78. The fourth-order valence-corrected chi connectivity index (χ4v) is 1.94. The minimum atomic E-state index is 0.430. The molecule has 0 fully saturated rings. The highest BCUT2D eigenvalue weighted by Gasteiger charge is 2.08. The van der Waals surface area contributed by atoms with Crippen molar-refractivity contribution >= 4 is 17.2 Å². The van der Waals surface area contributed by atoms with Crippen LogP contribution in [0.25, 0.3) is 16.8 Å². The predicted octanol–water partition coefficient (Wildman–Crippen LogP) is 2.45. The van der Waals surface area contributed by atoms with Gasteiger partial charge in [-0.25, -0.2) is 14.5 Å². The molecule has 0 aliphatic carbocycles. The van der Waals surface area contributed by atoms with E-state index in [0.29, 0.717) is 10.9 Å². The zero-order chi connectivity index (χ0) is 12.5. The normalized spacial score (nSPS) is 10.8. The van der Waals surface area contributed by atoms with Crippen molar-refractivity contribution in [2.45, 2.75) is 0 Å². The third-order valence-electron chi connectivity index (χ3n) is 2.64. The van der Waals surface area contributed by atoms with Crippen LogP contribution in [0.4, 0.5) is 0 Å². The number of hydrogen-bond donors (Lipinski definition) is 0. The van der Waals surface area contributed by atoms with Gasteiger partial charge in [-0.2, -0.15) is 5.10 Å². The van der Waals surface area contributed by atoms with Crippen LogP contribution in [0.5, 0.6) is 5.75 Å². The molecule has 90 valence electrons. The average Bonchev–Trinajstić information content (AvgIpc) is 2.86. The van der Waals surface area contributed by atoms with Crippen LogP contribution < -0.4 is 4.74 Å². The molecule has 0 radical (unpaired) electrons. The zero-order valence-electron chi connectivity index (χ0n) is 9.54. The van der Waals surface area contributed by atoms with E-state index in [-0.39, 0.29) is 0 Å². The molecule has 0 saturated carbocycles. The molecule has 0 atom stereocenters. The van der Waals surface area contributed by atoms with Crippen LogP contribution in [-0.4, -0.2) is 26.7 Å². The molecule has 0 amide bonds. The Morgan fingerprint density at radius 1 is 1.28 bits per heavy atom. The van der Waals surface area contributed by atoms with Crippen LogP contribution >= 0.6 is 11.6 Å². The first kappa shape index (κ1) is 11.0. The summed E-state index contributed by atoms with van der Waals surface area (Å²) in [5.74, 6) is 0.663. The summed E-state index contributed by atoms with van der Waals surface area (Å²) < 4.78 is 6.84. The van der Waals surface area contributed by atoms with Gasteiger partial charge in [0.2, 0.25) is 0 Å². The Kier molecular flexibility index (Phi) is 2.60. The van der Waals surface area contributed by atoms with Crippen LogP contribution in [-0.2, 0) is 0 Å². The molecule has 0 aliphatic heterocycles. The molecule has 0 bridgehead atoms. The summed E-state index contributed by atoms with van der Waals surface area (Å²) in [5.41, 5.74) is 2.49. The number of ether oxygens (including phenoxy) is 1. The summed E-state index contributed by atoms with van der Waals surface area (Å²) in [4.78, 5) is 8.23. The second-order valence-corrected chi connectivity index (χ2v) is 4.05. The quantitative estimate of drug-likeness (QED) is 0.664. The van der Waals surface area contributed by atoms with Crippen molar-refractivity contribution < 1.29 is 4.74 Å². The average molecular weight is 261 g/mol. The SMILES string of the molecule is COc1cnc(Cl)c(-c2ccn3ncnc3c2)c1. The van der Waals surface area contributed by atoms with E-state index in [1.807, 2.05) is 24.4 Å². The fourth-order valence-electron chi connectivity index (χ4n) is 1.73. The maximum atomic E-state index is 6.10. The van der Waals surface area contributed by atoms with Crippen LogP contribution in [0.15, 0.2) is 36.9 Å². The number of fused-ring (bicyclic) bond motifs is 1. The third-order valence-corrected chi connectivity index (χ3v) is 2.94. The number of aromatic nitrogens is 4. The van der Waals surface area contributed by atoms with E-state index in [1.54, 1.807) is 17.8 Å². The molecule has 0 N–H and O–H groups in total. The molecule has 0 spiro atoms. The second kappa shape index (κ2) is 4.27. The number of methoxy groups -OCH3 is 1. The van der Waals surface area contributed by atoms with E-state index >= 15 is 0 Å². The molecular weight excluding hydrogens is 252 g/mol. The lowest BCUT2D eigenvalue weighted by Gasteiger charge is -2.06. The van der Waals surface area contributed by atoms with Gasteiger partial charge in [0.25, 0.3) is 0 Å². The van der Waals surface area contributed by atoms with E-state index in [0.717, 1.165) is 16.8 Å². The fraction of sp³-hybridized carbons (Fsp3) is 0.0833. The van der Waals surface area contributed by atoms with Crippen molar-refractivity contribution in [3.63, 3.8) is 0 Å². The maximum Gasteiger partial charge on any atom is 0.155 e. The summed E-state index contributed by atoms with van der Waals surface area (Å²) >= 11 is 6.10. The largest absolute Gasteiger partial charge is 0.495 e. The molecule has 0 saturated heterocycles. The second-order valence-electron chi connectivity index (χ2n) is 3.69. The lowest BCUT2D eigenvalue weighted by Crippen LogP contribution is -1.91. The Hall–Kier alpha value is -2.14. The van der Waals surface area contributed by atoms with Gasteiger partial charge in [0.1, 0.15) is 17.2 Å². The molecule has 3 heterocycles. The van der Waals surface area contributed by atoms with Gasteiger partial charge < -0.3 is 4.74 Å². The van der Waals surface area contributed by atoms with E-state index < -0.39 is 0 Å². The van der Waals surface area contributed by atoms with Gasteiger partial charge in [-0.1, -0.05) is 11.6 Å². The summed E-state index contributed by atoms with van der Waals surface area (Å²) in [6.07, 6.45) is 4.92. The minimum Gasteiger partial charge on any atom is -0.495 e. The van der Waals surface area contributed by atoms with Crippen LogP contribution in [0.2, 0.25) is 5.15 Å². The first-order valence-corrected chi connectivity index (χ1v) is 5.65. The Morgan fingerprint density at radius 2 is 2.17 bits per heavy atom. The smallest absolute Gasteiger partial charge is 0.155 e. The van der Waals surface area contributed by atoms with Gasteiger partial charge in [-0.05, 0) is 23.8 Å². The van der Waals surface area contributed by atoms with Gasteiger partial charge in [-0.15, -0.1) is 0 Å². The van der Waals surface area contributed by atoms with Crippen LogP contribution in [0.1, 0.15) is 0 Å². The predicted molar refractivity (Wildman–Crippen MR) is 67.8 cm³/mol. The summed E-state index contributed by atoms with van der Waals surface area (Å²) in [7, 11) is 1.59. The monoisotopic (exact) mass is 260 g/mol. The number of nitrogens with zero attached hydrogens (tertiary/aromatic N) is 4. The highest BCUT2D eigenvalue weighted by Crippen LogP contribution is 2.29. The molecule has 5 nitrogen and oxygen atoms in total. The molecule has 6 heteroatoms. The summed E-state index contributed by atoms with van der Waals surface area (Å²) in [6, 6.07) is 5.65. The molecule has 0 aliphatic rings. The Morgan fingerprint density at radius 3 is 3.00 bits per heavy atom. The van der Waals surface area contributed by atoms with Gasteiger partial charge >= 0.3 is 0 Å². The van der Waals surface area contributed by atoms with Crippen molar-refractivity contribution in [2.24, 2.45) is 0 Å². The molecule has 3 rings (SSSR count). The molecule has 0 aromatic carbocycles. The molecule has 18 heavy (non-hydrogen) atoms. The molecule has 3 aromatic rings. The maximum absolute atomic E-state index is 6.10. The van der Waals surface area contributed by atoms with Crippen molar-refractivity contribution in [2.75, 3.05) is 7.11 Å². The zero-order valence-corrected chi connectivity index (χ0v) is 10.3. The van der Waals surface area contributed by atoms with Gasteiger partial charge in [0.15, 0.2) is 5.65 Å². The number of halogens is 1. The lowest BCUT2D eigenvalue weighted by atomic mass is 10.1. The van der Waals surface area contributed by atoms with Crippen LogP contribution in [0.3, 0.4) is 0 Å². The van der Waals surface area contributed by atoms with Crippen LogP contribution in [0, 0.1) is 0 Å². The van der Waals surface area contributed by atoms with Crippen molar-refractivity contribution in [3.8, 4) is 16.9 Å². The van der Waals surface area contributed by atoms with E-state index in [4.69, 9.17) is 16.3 Å². The van der Waals surface area contributed by atoms with Gasteiger partial charge in [0.05, 0.1) is 13.3 Å². The molecule has 3 aromatic heterocycles. The first-order valence-electron chi connectivity index (χ1n) is 5.27. The summed E-state index contributed by atoms with van der Waals surface area (Å²) in [6.45, 7) is 0. The minimum absolute atomic E-state index is 0.430. The number of hydrogen-bond acceptors (Lipinski definition) is 4. The van der Waals surface area contributed by atoms with Gasteiger partial charge in [0, 0.05) is 11.8 Å². The lowest BCUT2D eigenvalue weighted by molar-refractivity contribution is 0.413. The highest BCUT2D eigenvalue weighted by atomic mass is 35.5.